The number of hydrogen-bond donors (Lipinski definition) is 2. The van der Waals surface area contributed by atoms with Gasteiger partial charge in [-0.2, -0.15) is 4.37 Å². The van der Waals surface area contributed by atoms with Crippen LogP contribution < -0.4 is 30.0 Å². The first-order chi connectivity index (χ1) is 16.3. The number of nitrogens with one attached hydrogen (secondary N) is 1. The van der Waals surface area contributed by atoms with E-state index in [1.807, 2.05) is 44.2 Å². The van der Waals surface area contributed by atoms with Gasteiger partial charge < -0.3 is 30.0 Å². The van der Waals surface area contributed by atoms with Gasteiger partial charge in [-0.3, -0.25) is 4.79 Å². The smallest absolute Gasteiger partial charge is 0.226 e. The summed E-state index contributed by atoms with van der Waals surface area (Å²) in [6, 6.07) is 9.18. The van der Waals surface area contributed by atoms with E-state index in [1.165, 1.54) is 11.5 Å². The van der Waals surface area contributed by atoms with Gasteiger partial charge in [-0.05, 0) is 47.3 Å². The lowest BCUT2D eigenvalue weighted by molar-refractivity contribution is -0.116. The number of carbonyl (C=O) groups is 1. The van der Waals surface area contributed by atoms with Gasteiger partial charge in [-0.25, -0.2) is 0 Å². The molecule has 0 spiro atoms. The maximum Gasteiger partial charge on any atom is 0.226 e. The van der Waals surface area contributed by atoms with E-state index in [4.69, 9.17) is 24.7 Å². The second-order valence-electron chi connectivity index (χ2n) is 8.06. The van der Waals surface area contributed by atoms with Crippen LogP contribution in [0.2, 0.25) is 0 Å². The molecule has 190 valence electrons. The highest BCUT2D eigenvalue weighted by Gasteiger charge is 2.20. The molecule has 0 aliphatic carbocycles. The van der Waals surface area contributed by atoms with Crippen LogP contribution >= 0.6 is 23.9 Å². The maximum absolute atomic E-state index is 12.6. The van der Waals surface area contributed by atoms with Gasteiger partial charge in [-0.1, -0.05) is 19.9 Å². The van der Waals surface area contributed by atoms with Crippen molar-refractivity contribution in [2.75, 3.05) is 33.8 Å². The van der Waals surface area contributed by atoms with Crippen LogP contribution in [0, 0.1) is 5.92 Å². The Hall–Kier alpha value is -3.01. The summed E-state index contributed by atoms with van der Waals surface area (Å²) in [5.41, 5.74) is 9.29. The van der Waals surface area contributed by atoms with E-state index in [9.17, 15) is 4.79 Å². The fourth-order valence-electron chi connectivity index (χ4n) is 3.49. The van der Waals surface area contributed by atoms with Gasteiger partial charge >= 0.3 is 0 Å². The van der Waals surface area contributed by atoms with Crippen LogP contribution in [0.25, 0.3) is 21.6 Å². The third-order valence-electron chi connectivity index (χ3n) is 5.56. The number of ether oxygens (including phenoxy) is 4. The maximum atomic E-state index is 12.6. The van der Waals surface area contributed by atoms with Gasteiger partial charge in [0.15, 0.2) is 11.5 Å². The van der Waals surface area contributed by atoms with Crippen molar-refractivity contribution in [3.63, 3.8) is 0 Å². The quantitative estimate of drug-likeness (QED) is 0.375. The monoisotopic (exact) mass is 521 g/mol. The molecule has 1 atom stereocenters. The first-order valence-electron chi connectivity index (χ1n) is 10.8. The predicted molar refractivity (Wildman–Crippen MR) is 143 cm³/mol. The van der Waals surface area contributed by atoms with Crippen molar-refractivity contribution in [1.82, 2.24) is 4.37 Å². The first-order valence-corrected chi connectivity index (χ1v) is 11.6. The highest BCUT2D eigenvalue weighted by molar-refractivity contribution is 7.10. The van der Waals surface area contributed by atoms with Crippen LogP contribution in [-0.4, -0.2) is 44.8 Å². The molecule has 2 aromatic carbocycles. The van der Waals surface area contributed by atoms with E-state index in [-0.39, 0.29) is 36.7 Å². The summed E-state index contributed by atoms with van der Waals surface area (Å²) in [5, 5.41) is 2.94. The highest BCUT2D eigenvalue weighted by atomic mass is 35.5. The van der Waals surface area contributed by atoms with Gasteiger partial charge in [0.05, 0.1) is 39.0 Å². The summed E-state index contributed by atoms with van der Waals surface area (Å²) in [6.07, 6.45) is 2.02. The minimum absolute atomic E-state index is 0. The lowest BCUT2D eigenvalue weighted by atomic mass is 10.0. The number of rotatable bonds is 10. The average molecular weight is 522 g/mol. The van der Waals surface area contributed by atoms with Crippen molar-refractivity contribution in [1.29, 1.82) is 0 Å². The number of amides is 1. The fraction of sp³-hybridized carbons (Fsp3) is 0.360. The molecule has 0 aliphatic heterocycles. The van der Waals surface area contributed by atoms with Crippen LogP contribution in [0.4, 0.5) is 5.69 Å². The lowest BCUT2D eigenvalue weighted by Crippen LogP contribution is -2.31. The van der Waals surface area contributed by atoms with Crippen molar-refractivity contribution in [2.24, 2.45) is 11.7 Å². The Morgan fingerprint density at radius 1 is 0.971 bits per heavy atom. The molecule has 0 aliphatic rings. The second kappa shape index (κ2) is 12.6. The topological polar surface area (TPSA) is 105 Å². The number of benzene rings is 2. The van der Waals surface area contributed by atoms with E-state index in [2.05, 4.69) is 9.69 Å². The first kappa shape index (κ1) is 28.2. The summed E-state index contributed by atoms with van der Waals surface area (Å²) in [7, 11) is 6.30. The molecule has 10 heteroatoms. The van der Waals surface area contributed by atoms with Crippen LogP contribution in [0.1, 0.15) is 20.3 Å². The number of hydrogen-bond acceptors (Lipinski definition) is 8. The Morgan fingerprint density at radius 2 is 1.60 bits per heavy atom. The van der Waals surface area contributed by atoms with Crippen LogP contribution in [0.15, 0.2) is 36.5 Å². The predicted octanol–water partition coefficient (Wildman–Crippen LogP) is 5.25. The van der Waals surface area contributed by atoms with Gasteiger partial charge in [0, 0.05) is 29.8 Å². The van der Waals surface area contributed by atoms with E-state index in [1.54, 1.807) is 34.6 Å². The summed E-state index contributed by atoms with van der Waals surface area (Å²) in [4.78, 5) is 13.5. The largest absolute Gasteiger partial charge is 0.495 e. The number of methoxy groups -OCH3 is 4. The van der Waals surface area contributed by atoms with E-state index in [0.29, 0.717) is 28.7 Å². The molecule has 0 bridgehead atoms. The SMILES string of the molecule is COc1ccc(-c2cnsc2-c2cc(OC)c(OC)c(OC)c2)cc1NC(=O)CC(N)C(C)C.Cl. The summed E-state index contributed by atoms with van der Waals surface area (Å²) < 4.78 is 26.3. The molecule has 8 nitrogen and oxygen atoms in total. The van der Waals surface area contributed by atoms with Crippen LogP contribution in [0.5, 0.6) is 23.0 Å². The lowest BCUT2D eigenvalue weighted by Gasteiger charge is -2.17. The summed E-state index contributed by atoms with van der Waals surface area (Å²) in [5.74, 6) is 2.24. The summed E-state index contributed by atoms with van der Waals surface area (Å²) >= 11 is 1.35. The Labute approximate surface area is 216 Å². The fourth-order valence-corrected chi connectivity index (χ4v) is 4.25. The van der Waals surface area contributed by atoms with Crippen molar-refractivity contribution in [3.8, 4) is 44.6 Å². The molecular weight excluding hydrogens is 490 g/mol. The third kappa shape index (κ3) is 6.36. The Morgan fingerprint density at radius 3 is 2.14 bits per heavy atom. The van der Waals surface area contributed by atoms with E-state index >= 15 is 0 Å². The molecule has 3 rings (SSSR count). The normalized spacial score (nSPS) is 11.4. The van der Waals surface area contributed by atoms with Gasteiger partial charge in [0.1, 0.15) is 5.75 Å². The molecule has 3 aromatic rings. The molecular formula is C25H32ClN3O5S. The Balaban J connectivity index is 0.00000432. The number of nitrogens with zero attached hydrogens (tertiary/aromatic N) is 1. The van der Waals surface area contributed by atoms with Gasteiger partial charge in [0.2, 0.25) is 11.7 Å². The minimum atomic E-state index is -0.220. The van der Waals surface area contributed by atoms with Crippen LogP contribution in [-0.2, 0) is 4.79 Å². The number of nitrogens with two attached hydrogens (primary N) is 1. The molecule has 3 N–H and O–H groups in total. The number of halogens is 1. The third-order valence-corrected chi connectivity index (χ3v) is 6.41. The van der Waals surface area contributed by atoms with Crippen molar-refractivity contribution >= 4 is 35.5 Å². The van der Waals surface area contributed by atoms with Gasteiger partial charge in [0.25, 0.3) is 0 Å². The van der Waals surface area contributed by atoms with E-state index < -0.39 is 0 Å². The molecule has 0 fully saturated rings. The molecule has 0 saturated heterocycles. The zero-order valence-electron chi connectivity index (χ0n) is 20.7. The van der Waals surface area contributed by atoms with E-state index in [0.717, 1.165) is 21.6 Å². The van der Waals surface area contributed by atoms with Crippen molar-refractivity contribution in [2.45, 2.75) is 26.3 Å². The standard InChI is InChI=1S/C25H31N3O5S.ClH/c1-14(2)18(26)12-23(29)28-19-9-15(7-8-20(19)30-3)17-13-27-34-25(17)16-10-21(31-4)24(33-6)22(11-16)32-5;/h7-11,13-14,18H,12,26H2,1-6H3,(H,28,29);1H. The Bertz CT molecular complexity index is 1130. The molecule has 0 saturated carbocycles. The molecule has 1 heterocycles. The minimum Gasteiger partial charge on any atom is -0.495 e. The Kier molecular flexibility index (Phi) is 10.2. The summed E-state index contributed by atoms with van der Waals surface area (Å²) in [6.45, 7) is 3.99. The zero-order chi connectivity index (χ0) is 24.8. The molecule has 1 unspecified atom stereocenters. The number of carbonyl (C=O) groups excluding carboxylic acids is 1. The molecule has 0 radical (unpaired) electrons. The molecule has 1 amide bonds. The molecule has 1 aromatic heterocycles. The van der Waals surface area contributed by atoms with Gasteiger partial charge in [-0.15, -0.1) is 12.4 Å². The van der Waals surface area contributed by atoms with Crippen molar-refractivity contribution in [3.05, 3.63) is 36.5 Å². The average Bonchev–Trinajstić information content (AvgIpc) is 3.32. The highest BCUT2D eigenvalue weighted by Crippen LogP contribution is 2.45. The van der Waals surface area contributed by atoms with Crippen molar-refractivity contribution < 1.29 is 23.7 Å². The van der Waals surface area contributed by atoms with Crippen LogP contribution in [0.3, 0.4) is 0 Å². The second-order valence-corrected chi connectivity index (χ2v) is 8.86. The molecule has 35 heavy (non-hydrogen) atoms. The zero-order valence-corrected chi connectivity index (χ0v) is 22.3. The number of aromatic nitrogens is 1. The number of anilines is 1.